The van der Waals surface area contributed by atoms with Crippen LogP contribution < -0.4 is 5.32 Å². The third-order valence-corrected chi connectivity index (χ3v) is 4.21. The Hall–Kier alpha value is -0.100. The summed E-state index contributed by atoms with van der Waals surface area (Å²) in [6.07, 6.45) is 1.02. The average Bonchev–Trinajstić information content (AvgIpc) is 2.80. The van der Waals surface area contributed by atoms with Gasteiger partial charge in [-0.05, 0) is 47.1 Å². The summed E-state index contributed by atoms with van der Waals surface area (Å²) >= 11 is 6.82. The van der Waals surface area contributed by atoms with Crippen molar-refractivity contribution in [1.29, 1.82) is 0 Å². The molecule has 1 heterocycles. The van der Waals surface area contributed by atoms with E-state index in [1.807, 2.05) is 30.1 Å². The van der Waals surface area contributed by atoms with Crippen molar-refractivity contribution >= 4 is 50.2 Å². The van der Waals surface area contributed by atoms with Gasteiger partial charge in [0.05, 0.1) is 5.56 Å². The second-order valence-corrected chi connectivity index (χ2v) is 5.96. The molecule has 1 atom stereocenters. The predicted molar refractivity (Wildman–Crippen MR) is 82.5 cm³/mol. The molecule has 2 rings (SSSR count). The molecule has 18 heavy (non-hydrogen) atoms. The number of carbonyl (C=O) groups is 1. The molecule has 0 radical (unpaired) electrons. The minimum Gasteiger partial charge on any atom is -0.337 e. The van der Waals surface area contributed by atoms with Crippen LogP contribution in [0.4, 0.5) is 0 Å². The molecular formula is C12H15Br2ClN2O. The van der Waals surface area contributed by atoms with Crippen LogP contribution in [-0.4, -0.2) is 37.0 Å². The van der Waals surface area contributed by atoms with Crippen LogP contribution in [-0.2, 0) is 0 Å². The SMILES string of the molecule is CN(C(=O)c1ccc(Br)cc1Br)C1CCNC1.Cl. The van der Waals surface area contributed by atoms with E-state index < -0.39 is 0 Å². The van der Waals surface area contributed by atoms with Gasteiger partial charge in [-0.2, -0.15) is 0 Å². The minimum absolute atomic E-state index is 0. The van der Waals surface area contributed by atoms with E-state index in [1.165, 1.54) is 0 Å². The molecule has 1 amide bonds. The van der Waals surface area contributed by atoms with E-state index in [4.69, 9.17) is 0 Å². The number of hydrogen-bond acceptors (Lipinski definition) is 2. The summed E-state index contributed by atoms with van der Waals surface area (Å²) in [7, 11) is 1.87. The van der Waals surface area contributed by atoms with E-state index in [9.17, 15) is 4.79 Å². The maximum atomic E-state index is 12.3. The van der Waals surface area contributed by atoms with Crippen molar-refractivity contribution in [2.45, 2.75) is 12.5 Å². The lowest BCUT2D eigenvalue weighted by Gasteiger charge is -2.24. The van der Waals surface area contributed by atoms with Gasteiger partial charge in [0.25, 0.3) is 5.91 Å². The van der Waals surface area contributed by atoms with Crippen molar-refractivity contribution in [3.05, 3.63) is 32.7 Å². The highest BCUT2D eigenvalue weighted by Gasteiger charge is 2.24. The molecule has 3 nitrogen and oxygen atoms in total. The van der Waals surface area contributed by atoms with Crippen LogP contribution in [0.1, 0.15) is 16.8 Å². The molecule has 1 aromatic rings. The van der Waals surface area contributed by atoms with Crippen molar-refractivity contribution in [3.8, 4) is 0 Å². The fourth-order valence-electron chi connectivity index (χ4n) is 1.99. The van der Waals surface area contributed by atoms with E-state index in [1.54, 1.807) is 0 Å². The number of nitrogens with zero attached hydrogens (tertiary/aromatic N) is 1. The van der Waals surface area contributed by atoms with Crippen LogP contribution in [0, 0.1) is 0 Å². The van der Waals surface area contributed by atoms with Gasteiger partial charge in [0.2, 0.25) is 0 Å². The molecule has 1 unspecified atom stereocenters. The van der Waals surface area contributed by atoms with Gasteiger partial charge >= 0.3 is 0 Å². The van der Waals surface area contributed by atoms with E-state index in [0.29, 0.717) is 11.6 Å². The van der Waals surface area contributed by atoms with Gasteiger partial charge < -0.3 is 10.2 Å². The summed E-state index contributed by atoms with van der Waals surface area (Å²) in [5.74, 6) is 0.0677. The Morgan fingerprint density at radius 3 is 2.72 bits per heavy atom. The highest BCUT2D eigenvalue weighted by molar-refractivity contribution is 9.11. The van der Waals surface area contributed by atoms with E-state index >= 15 is 0 Å². The van der Waals surface area contributed by atoms with Gasteiger partial charge in [0.15, 0.2) is 0 Å². The smallest absolute Gasteiger partial charge is 0.255 e. The molecule has 0 aliphatic carbocycles. The van der Waals surface area contributed by atoms with Crippen molar-refractivity contribution < 1.29 is 4.79 Å². The van der Waals surface area contributed by atoms with Crippen molar-refractivity contribution in [1.82, 2.24) is 10.2 Å². The van der Waals surface area contributed by atoms with Crippen LogP contribution >= 0.6 is 44.3 Å². The summed E-state index contributed by atoms with van der Waals surface area (Å²) in [6, 6.07) is 5.93. The van der Waals surface area contributed by atoms with E-state index in [-0.39, 0.29) is 18.3 Å². The fourth-order valence-corrected chi connectivity index (χ4v) is 3.21. The molecule has 1 N–H and O–H groups in total. The predicted octanol–water partition coefficient (Wildman–Crippen LogP) is 3.07. The average molecular weight is 399 g/mol. The minimum atomic E-state index is 0. The normalized spacial score (nSPS) is 18.3. The van der Waals surface area contributed by atoms with Gasteiger partial charge in [0.1, 0.15) is 0 Å². The van der Waals surface area contributed by atoms with Crippen LogP contribution in [0.3, 0.4) is 0 Å². The summed E-state index contributed by atoms with van der Waals surface area (Å²) in [4.78, 5) is 14.1. The summed E-state index contributed by atoms with van der Waals surface area (Å²) in [5, 5.41) is 3.27. The van der Waals surface area contributed by atoms with Gasteiger partial charge in [-0.15, -0.1) is 12.4 Å². The lowest BCUT2D eigenvalue weighted by atomic mass is 10.1. The Balaban J connectivity index is 0.00000162. The highest BCUT2D eigenvalue weighted by atomic mass is 79.9. The molecule has 100 valence electrons. The van der Waals surface area contributed by atoms with Crippen molar-refractivity contribution in [3.63, 3.8) is 0 Å². The molecule has 1 aliphatic rings. The lowest BCUT2D eigenvalue weighted by Crippen LogP contribution is -2.38. The molecular weight excluding hydrogens is 383 g/mol. The lowest BCUT2D eigenvalue weighted by molar-refractivity contribution is 0.0743. The number of rotatable bonds is 2. The number of amides is 1. The van der Waals surface area contributed by atoms with Crippen LogP contribution in [0.5, 0.6) is 0 Å². The Bertz CT molecular complexity index is 436. The fraction of sp³-hybridized carbons (Fsp3) is 0.417. The molecule has 0 saturated carbocycles. The van der Waals surface area contributed by atoms with Gasteiger partial charge in [-0.25, -0.2) is 0 Å². The summed E-state index contributed by atoms with van der Waals surface area (Å²) < 4.78 is 1.79. The van der Waals surface area contributed by atoms with E-state index in [2.05, 4.69) is 37.2 Å². The second kappa shape index (κ2) is 6.89. The molecule has 6 heteroatoms. The molecule has 1 aliphatic heterocycles. The first-order valence-corrected chi connectivity index (χ1v) is 7.11. The number of likely N-dealkylation sites (N-methyl/N-ethyl adjacent to an activating group) is 1. The molecule has 0 bridgehead atoms. The quantitative estimate of drug-likeness (QED) is 0.831. The molecule has 1 saturated heterocycles. The highest BCUT2D eigenvalue weighted by Crippen LogP contribution is 2.24. The van der Waals surface area contributed by atoms with Crippen LogP contribution in [0.2, 0.25) is 0 Å². The maximum absolute atomic E-state index is 12.3. The van der Waals surface area contributed by atoms with Crippen molar-refractivity contribution in [2.75, 3.05) is 20.1 Å². The standard InChI is InChI=1S/C12H14Br2N2O.ClH/c1-16(9-4-5-15-7-9)12(17)10-3-2-8(13)6-11(10)14;/h2-3,6,9,15H,4-5,7H2,1H3;1H. The second-order valence-electron chi connectivity index (χ2n) is 4.19. The van der Waals surface area contributed by atoms with Gasteiger partial charge in [0, 0.05) is 28.6 Å². The zero-order chi connectivity index (χ0) is 12.4. The molecule has 0 aromatic heterocycles. The topological polar surface area (TPSA) is 32.3 Å². The number of carbonyl (C=O) groups excluding carboxylic acids is 1. The number of hydrogen-bond donors (Lipinski definition) is 1. The Kier molecular flexibility index (Phi) is 6.11. The van der Waals surface area contributed by atoms with Gasteiger partial charge in [-0.1, -0.05) is 15.9 Å². The summed E-state index contributed by atoms with van der Waals surface area (Å²) in [6.45, 7) is 1.88. The third-order valence-electron chi connectivity index (χ3n) is 3.06. The Morgan fingerprint density at radius 1 is 1.44 bits per heavy atom. The van der Waals surface area contributed by atoms with Gasteiger partial charge in [-0.3, -0.25) is 4.79 Å². The maximum Gasteiger partial charge on any atom is 0.255 e. The molecule has 1 fully saturated rings. The van der Waals surface area contributed by atoms with Crippen molar-refractivity contribution in [2.24, 2.45) is 0 Å². The third kappa shape index (κ3) is 3.47. The first-order valence-electron chi connectivity index (χ1n) is 5.52. The summed E-state index contributed by atoms with van der Waals surface area (Å²) in [5.41, 5.74) is 0.711. The first-order chi connectivity index (χ1) is 8.09. The number of nitrogens with one attached hydrogen (secondary N) is 1. The zero-order valence-corrected chi connectivity index (χ0v) is 13.9. The number of benzene rings is 1. The number of halogens is 3. The molecule has 0 spiro atoms. The van der Waals surface area contributed by atoms with E-state index in [0.717, 1.165) is 28.5 Å². The van der Waals surface area contributed by atoms with Crippen LogP contribution in [0.25, 0.3) is 0 Å². The largest absolute Gasteiger partial charge is 0.337 e. The zero-order valence-electron chi connectivity index (χ0n) is 9.95. The van der Waals surface area contributed by atoms with Crippen LogP contribution in [0.15, 0.2) is 27.1 Å². The Labute approximate surface area is 130 Å². The molecule has 1 aromatic carbocycles. The Morgan fingerprint density at radius 2 is 2.17 bits per heavy atom. The monoisotopic (exact) mass is 396 g/mol. The first kappa shape index (κ1) is 16.0.